The maximum atomic E-state index is 14.1. The SMILES string of the molecule is C=C/C=C1\C(=NC)CC2c3cccc(C4CC4)c3CC1N2S(=N)(=O)c1ccc(C(F)(F)F)cc1. The molecule has 1 N–H and O–H groups in total. The Bertz CT molecular complexity index is 1310. The molecule has 3 atom stereocenters. The number of nitrogens with one attached hydrogen (secondary N) is 1. The van der Waals surface area contributed by atoms with E-state index in [1.807, 2.05) is 18.2 Å². The highest BCUT2D eigenvalue weighted by atomic mass is 32.2. The molecule has 3 unspecified atom stereocenters. The fourth-order valence-electron chi connectivity index (χ4n) is 5.39. The topological polar surface area (TPSA) is 56.5 Å². The van der Waals surface area contributed by atoms with E-state index < -0.39 is 21.7 Å². The Morgan fingerprint density at radius 3 is 2.35 bits per heavy atom. The molecular formula is C26H26F3N3OS. The molecule has 2 heterocycles. The van der Waals surface area contributed by atoms with E-state index in [9.17, 15) is 17.4 Å². The first kappa shape index (κ1) is 23.1. The Balaban J connectivity index is 1.66. The van der Waals surface area contributed by atoms with Crippen LogP contribution in [-0.2, 0) is 22.5 Å². The Morgan fingerprint density at radius 2 is 1.76 bits per heavy atom. The van der Waals surface area contributed by atoms with Crippen LogP contribution in [0.25, 0.3) is 0 Å². The van der Waals surface area contributed by atoms with Crippen LogP contribution in [-0.4, -0.2) is 27.3 Å². The first-order valence-corrected chi connectivity index (χ1v) is 12.8. The van der Waals surface area contributed by atoms with E-state index in [1.54, 1.807) is 17.4 Å². The van der Waals surface area contributed by atoms with Gasteiger partial charge in [0, 0.05) is 19.2 Å². The number of aliphatic imine (C=N–C) groups is 1. The van der Waals surface area contributed by atoms with Gasteiger partial charge in [-0.3, -0.25) is 4.99 Å². The van der Waals surface area contributed by atoms with Crippen LogP contribution in [0.15, 0.2) is 76.7 Å². The van der Waals surface area contributed by atoms with Crippen LogP contribution < -0.4 is 0 Å². The van der Waals surface area contributed by atoms with Gasteiger partial charge in [0.15, 0.2) is 0 Å². The third kappa shape index (κ3) is 3.73. The van der Waals surface area contributed by atoms with Gasteiger partial charge in [-0.25, -0.2) is 8.99 Å². The molecule has 1 saturated carbocycles. The third-order valence-electron chi connectivity index (χ3n) is 7.08. The average Bonchev–Trinajstić information content (AvgIpc) is 3.65. The first-order valence-electron chi connectivity index (χ1n) is 11.3. The summed E-state index contributed by atoms with van der Waals surface area (Å²) in [6, 6.07) is 9.66. The predicted molar refractivity (Wildman–Crippen MR) is 127 cm³/mol. The molecule has 2 bridgehead atoms. The molecule has 1 aliphatic carbocycles. The average molecular weight is 486 g/mol. The molecule has 8 heteroatoms. The second kappa shape index (κ2) is 8.20. The van der Waals surface area contributed by atoms with Crippen molar-refractivity contribution in [2.24, 2.45) is 4.99 Å². The van der Waals surface area contributed by atoms with Crippen molar-refractivity contribution in [2.45, 2.75) is 54.8 Å². The van der Waals surface area contributed by atoms with Gasteiger partial charge in [0.1, 0.15) is 9.92 Å². The summed E-state index contributed by atoms with van der Waals surface area (Å²) >= 11 is 0. The highest BCUT2D eigenvalue weighted by Gasteiger charge is 2.48. The number of alkyl halides is 3. The minimum atomic E-state index is -4.49. The first-order chi connectivity index (χ1) is 16.2. The molecule has 0 amide bonds. The van der Waals surface area contributed by atoms with Crippen molar-refractivity contribution in [1.29, 1.82) is 4.78 Å². The minimum absolute atomic E-state index is 0.0761. The fraction of sp³-hybridized carbons (Fsp3) is 0.346. The lowest BCUT2D eigenvalue weighted by Crippen LogP contribution is -2.53. The second-order valence-electron chi connectivity index (χ2n) is 9.07. The summed E-state index contributed by atoms with van der Waals surface area (Å²) in [5, 5.41) is 0. The molecule has 5 rings (SSSR count). The van der Waals surface area contributed by atoms with E-state index in [-0.39, 0.29) is 17.0 Å². The van der Waals surface area contributed by atoms with E-state index in [0.29, 0.717) is 18.8 Å². The van der Waals surface area contributed by atoms with Crippen LogP contribution in [0.3, 0.4) is 0 Å². The van der Waals surface area contributed by atoms with E-state index in [4.69, 9.17) is 4.78 Å². The number of fused-ring (bicyclic) bond motifs is 4. The predicted octanol–water partition coefficient (Wildman–Crippen LogP) is 6.46. The molecule has 2 fully saturated rings. The van der Waals surface area contributed by atoms with Gasteiger partial charge in [-0.15, -0.1) is 0 Å². The lowest BCUT2D eigenvalue weighted by atomic mass is 9.76. The molecule has 2 aliphatic heterocycles. The van der Waals surface area contributed by atoms with Crippen molar-refractivity contribution >= 4 is 15.6 Å². The largest absolute Gasteiger partial charge is 0.416 e. The normalized spacial score (nSPS) is 26.8. The quantitative estimate of drug-likeness (QED) is 0.531. The van der Waals surface area contributed by atoms with Crippen molar-refractivity contribution < 1.29 is 17.4 Å². The van der Waals surface area contributed by atoms with Crippen LogP contribution in [0.2, 0.25) is 0 Å². The van der Waals surface area contributed by atoms with Crippen molar-refractivity contribution in [1.82, 2.24) is 4.31 Å². The number of hydrogen-bond acceptors (Lipinski definition) is 3. The summed E-state index contributed by atoms with van der Waals surface area (Å²) in [5.41, 5.74) is 4.56. The van der Waals surface area contributed by atoms with E-state index in [2.05, 4.69) is 17.6 Å². The van der Waals surface area contributed by atoms with Gasteiger partial charge in [-0.05, 0) is 71.7 Å². The minimum Gasteiger partial charge on any atom is -0.293 e. The summed E-state index contributed by atoms with van der Waals surface area (Å²) in [4.78, 5) is 4.57. The van der Waals surface area contributed by atoms with E-state index >= 15 is 0 Å². The molecule has 4 nitrogen and oxygen atoms in total. The number of allylic oxidation sites excluding steroid dienone is 2. The summed E-state index contributed by atoms with van der Waals surface area (Å²) in [7, 11) is -1.86. The number of nitrogens with zero attached hydrogens (tertiary/aromatic N) is 2. The second-order valence-corrected chi connectivity index (χ2v) is 11.0. The van der Waals surface area contributed by atoms with Crippen LogP contribution in [0.5, 0.6) is 0 Å². The fourth-order valence-corrected chi connectivity index (χ4v) is 7.23. The summed E-state index contributed by atoms with van der Waals surface area (Å²) in [6.45, 7) is 3.83. The zero-order valence-electron chi connectivity index (χ0n) is 18.8. The summed E-state index contributed by atoms with van der Waals surface area (Å²) in [6.07, 6.45) is 2.42. The maximum absolute atomic E-state index is 14.1. The lowest BCUT2D eigenvalue weighted by Gasteiger charge is -2.49. The zero-order valence-corrected chi connectivity index (χ0v) is 19.6. The van der Waals surface area contributed by atoms with Crippen molar-refractivity contribution in [3.8, 4) is 0 Å². The van der Waals surface area contributed by atoms with Gasteiger partial charge >= 0.3 is 6.18 Å². The third-order valence-corrected chi connectivity index (χ3v) is 9.09. The number of hydrogen-bond donors (Lipinski definition) is 1. The van der Waals surface area contributed by atoms with Gasteiger partial charge in [0.2, 0.25) is 0 Å². The molecule has 0 spiro atoms. The zero-order chi connectivity index (χ0) is 24.3. The smallest absolute Gasteiger partial charge is 0.293 e. The Kier molecular flexibility index (Phi) is 5.56. The van der Waals surface area contributed by atoms with Gasteiger partial charge in [-0.1, -0.05) is 36.9 Å². The van der Waals surface area contributed by atoms with Crippen LogP contribution in [0, 0.1) is 4.78 Å². The van der Waals surface area contributed by atoms with Crippen LogP contribution in [0.4, 0.5) is 13.2 Å². The number of halogens is 3. The number of piperidine rings is 1. The monoisotopic (exact) mass is 485 g/mol. The van der Waals surface area contributed by atoms with Crippen molar-refractivity contribution in [3.63, 3.8) is 0 Å². The highest BCUT2D eigenvalue weighted by Crippen LogP contribution is 2.50. The van der Waals surface area contributed by atoms with E-state index in [0.717, 1.165) is 41.8 Å². The molecule has 3 aliphatic rings. The van der Waals surface area contributed by atoms with Gasteiger partial charge in [0.25, 0.3) is 0 Å². The number of rotatable bonds is 4. The van der Waals surface area contributed by atoms with E-state index in [1.165, 1.54) is 23.3 Å². The Morgan fingerprint density at radius 1 is 1.09 bits per heavy atom. The van der Waals surface area contributed by atoms with Gasteiger partial charge in [-0.2, -0.15) is 17.5 Å². The Hall–Kier alpha value is -2.71. The lowest BCUT2D eigenvalue weighted by molar-refractivity contribution is -0.137. The highest BCUT2D eigenvalue weighted by molar-refractivity contribution is 7.90. The van der Waals surface area contributed by atoms with Crippen LogP contribution >= 0.6 is 0 Å². The van der Waals surface area contributed by atoms with Gasteiger partial charge in [0.05, 0.1) is 22.5 Å². The molecule has 0 radical (unpaired) electrons. The molecule has 0 aromatic heterocycles. The molecule has 178 valence electrons. The summed E-state index contributed by atoms with van der Waals surface area (Å²) in [5.74, 6) is 0.545. The molecular weight excluding hydrogens is 459 g/mol. The number of benzene rings is 2. The molecule has 1 saturated heterocycles. The molecule has 2 aromatic rings. The standard InChI is InChI=1S/C26H26F3N3OS/c1-3-5-21-23(31-2)15-25-20-7-4-6-19(16-8-9-16)22(20)14-24(21)32(25)34(30,33)18-12-10-17(11-13-18)26(27,28)29/h3-7,10-13,16,24-25,30H,1,8-9,14-15H2,2H3/b21-5+,31-23?. The molecule has 34 heavy (non-hydrogen) atoms. The maximum Gasteiger partial charge on any atom is 0.416 e. The Labute approximate surface area is 198 Å². The van der Waals surface area contributed by atoms with Crippen molar-refractivity contribution in [3.05, 3.63) is 89.0 Å². The van der Waals surface area contributed by atoms with Crippen molar-refractivity contribution in [2.75, 3.05) is 7.05 Å². The van der Waals surface area contributed by atoms with Crippen LogP contribution in [0.1, 0.15) is 53.5 Å². The van der Waals surface area contributed by atoms with Gasteiger partial charge < -0.3 is 0 Å². The molecule has 2 aromatic carbocycles. The summed E-state index contributed by atoms with van der Waals surface area (Å²) < 4.78 is 64.1.